The van der Waals surface area contributed by atoms with E-state index in [1.54, 1.807) is 0 Å². The van der Waals surface area contributed by atoms with Gasteiger partial charge in [-0.15, -0.1) is 11.8 Å². The molecule has 18 heavy (non-hydrogen) atoms. The Morgan fingerprint density at radius 1 is 1.00 bits per heavy atom. The van der Waals surface area contributed by atoms with Gasteiger partial charge in [-0.3, -0.25) is 0 Å². The van der Waals surface area contributed by atoms with Crippen LogP contribution in [0, 0.1) is 0 Å². The standard InChI is InChI=1S/C16H19NS/c1-2-15(17)14-10-6-7-11-16(14)18-12-13-8-4-3-5-9-13/h3-11,15H,2,12,17H2,1H3/t15-/m0/s1. The van der Waals surface area contributed by atoms with Crippen molar-refractivity contribution in [1.29, 1.82) is 0 Å². The van der Waals surface area contributed by atoms with Gasteiger partial charge in [0.05, 0.1) is 0 Å². The van der Waals surface area contributed by atoms with Gasteiger partial charge in [-0.2, -0.15) is 0 Å². The Kier molecular flexibility index (Phi) is 4.85. The maximum Gasteiger partial charge on any atom is 0.0303 e. The molecule has 0 spiro atoms. The number of hydrogen-bond donors (Lipinski definition) is 1. The van der Waals surface area contributed by atoms with Crippen molar-refractivity contribution < 1.29 is 0 Å². The Labute approximate surface area is 113 Å². The number of nitrogens with two attached hydrogens (primary N) is 1. The lowest BCUT2D eigenvalue weighted by molar-refractivity contribution is 0.685. The molecule has 2 rings (SSSR count). The number of benzene rings is 2. The maximum absolute atomic E-state index is 6.15. The number of hydrogen-bond acceptors (Lipinski definition) is 2. The van der Waals surface area contributed by atoms with Gasteiger partial charge in [-0.05, 0) is 23.6 Å². The molecule has 94 valence electrons. The molecule has 2 aromatic rings. The molecule has 0 aromatic heterocycles. The van der Waals surface area contributed by atoms with Crippen molar-refractivity contribution in [2.75, 3.05) is 0 Å². The van der Waals surface area contributed by atoms with Crippen LogP contribution in [0.15, 0.2) is 59.5 Å². The van der Waals surface area contributed by atoms with Crippen molar-refractivity contribution in [1.82, 2.24) is 0 Å². The Hall–Kier alpha value is -1.25. The van der Waals surface area contributed by atoms with Crippen molar-refractivity contribution in [2.45, 2.75) is 30.0 Å². The van der Waals surface area contributed by atoms with Crippen LogP contribution in [-0.2, 0) is 5.75 Å². The van der Waals surface area contributed by atoms with E-state index >= 15 is 0 Å². The largest absolute Gasteiger partial charge is 0.324 e. The second-order valence-corrected chi connectivity index (χ2v) is 5.34. The van der Waals surface area contributed by atoms with Gasteiger partial charge in [0.15, 0.2) is 0 Å². The van der Waals surface area contributed by atoms with E-state index in [-0.39, 0.29) is 6.04 Å². The van der Waals surface area contributed by atoms with Crippen LogP contribution in [-0.4, -0.2) is 0 Å². The summed E-state index contributed by atoms with van der Waals surface area (Å²) in [7, 11) is 0. The first-order valence-electron chi connectivity index (χ1n) is 6.32. The lowest BCUT2D eigenvalue weighted by Crippen LogP contribution is -2.09. The molecule has 0 unspecified atom stereocenters. The molecule has 1 nitrogen and oxygen atoms in total. The first-order chi connectivity index (χ1) is 8.81. The fourth-order valence-electron chi connectivity index (χ4n) is 1.87. The smallest absolute Gasteiger partial charge is 0.0303 e. The van der Waals surface area contributed by atoms with Gasteiger partial charge >= 0.3 is 0 Å². The van der Waals surface area contributed by atoms with E-state index in [0.29, 0.717) is 0 Å². The Bertz CT molecular complexity index is 481. The second-order valence-electron chi connectivity index (χ2n) is 4.33. The molecule has 0 radical (unpaired) electrons. The third-order valence-electron chi connectivity index (χ3n) is 3.00. The molecule has 2 heteroatoms. The van der Waals surface area contributed by atoms with Gasteiger partial charge in [0, 0.05) is 16.7 Å². The summed E-state index contributed by atoms with van der Waals surface area (Å²) in [6.45, 7) is 2.13. The van der Waals surface area contributed by atoms with Crippen molar-refractivity contribution in [3.05, 3.63) is 65.7 Å². The molecule has 0 aliphatic carbocycles. The highest BCUT2D eigenvalue weighted by Gasteiger charge is 2.08. The van der Waals surface area contributed by atoms with Crippen LogP contribution in [0.4, 0.5) is 0 Å². The summed E-state index contributed by atoms with van der Waals surface area (Å²) in [5.41, 5.74) is 8.76. The van der Waals surface area contributed by atoms with Crippen LogP contribution in [0.3, 0.4) is 0 Å². The van der Waals surface area contributed by atoms with Gasteiger partial charge in [0.2, 0.25) is 0 Å². The summed E-state index contributed by atoms with van der Waals surface area (Å²) < 4.78 is 0. The van der Waals surface area contributed by atoms with Gasteiger partial charge in [0.1, 0.15) is 0 Å². The molecule has 2 aromatic carbocycles. The zero-order valence-electron chi connectivity index (χ0n) is 10.7. The highest BCUT2D eigenvalue weighted by atomic mass is 32.2. The van der Waals surface area contributed by atoms with E-state index < -0.39 is 0 Å². The van der Waals surface area contributed by atoms with Gasteiger partial charge < -0.3 is 5.73 Å². The predicted octanol–water partition coefficient (Wildman–Crippen LogP) is 4.39. The van der Waals surface area contributed by atoms with E-state index in [9.17, 15) is 0 Å². The first-order valence-corrected chi connectivity index (χ1v) is 7.31. The molecular weight excluding hydrogens is 238 g/mol. The van der Waals surface area contributed by atoms with Crippen LogP contribution in [0.25, 0.3) is 0 Å². The summed E-state index contributed by atoms with van der Waals surface area (Å²) in [5.74, 6) is 0.994. The molecule has 0 saturated heterocycles. The maximum atomic E-state index is 6.15. The minimum absolute atomic E-state index is 0.143. The van der Waals surface area contributed by atoms with Crippen molar-refractivity contribution in [3.63, 3.8) is 0 Å². The van der Waals surface area contributed by atoms with Gasteiger partial charge in [-0.25, -0.2) is 0 Å². The lowest BCUT2D eigenvalue weighted by Gasteiger charge is -2.14. The topological polar surface area (TPSA) is 26.0 Å². The zero-order valence-corrected chi connectivity index (χ0v) is 11.5. The summed E-state index contributed by atoms with van der Waals surface area (Å²) in [6, 6.07) is 19.1. The summed E-state index contributed by atoms with van der Waals surface area (Å²) >= 11 is 1.86. The van der Waals surface area contributed by atoms with E-state index in [1.807, 2.05) is 11.8 Å². The highest BCUT2D eigenvalue weighted by molar-refractivity contribution is 7.98. The van der Waals surface area contributed by atoms with Crippen LogP contribution in [0.1, 0.15) is 30.5 Å². The molecule has 0 saturated carbocycles. The Morgan fingerprint density at radius 2 is 1.67 bits per heavy atom. The fourth-order valence-corrected chi connectivity index (χ4v) is 2.95. The van der Waals surface area contributed by atoms with E-state index in [1.165, 1.54) is 16.0 Å². The zero-order chi connectivity index (χ0) is 12.8. The highest BCUT2D eigenvalue weighted by Crippen LogP contribution is 2.30. The average molecular weight is 257 g/mol. The van der Waals surface area contributed by atoms with Crippen LogP contribution < -0.4 is 5.73 Å². The Balaban J connectivity index is 2.10. The van der Waals surface area contributed by atoms with Crippen molar-refractivity contribution in [3.8, 4) is 0 Å². The van der Waals surface area contributed by atoms with Crippen LogP contribution in [0.5, 0.6) is 0 Å². The predicted molar refractivity (Wildman–Crippen MR) is 79.7 cm³/mol. The van der Waals surface area contributed by atoms with Gasteiger partial charge in [-0.1, -0.05) is 55.5 Å². The summed E-state index contributed by atoms with van der Waals surface area (Å²) in [5, 5.41) is 0. The number of thioether (sulfide) groups is 1. The molecule has 0 heterocycles. The fraction of sp³-hybridized carbons (Fsp3) is 0.250. The third kappa shape index (κ3) is 3.37. The van der Waals surface area contributed by atoms with E-state index in [4.69, 9.17) is 5.73 Å². The monoisotopic (exact) mass is 257 g/mol. The molecule has 0 fully saturated rings. The first kappa shape index (κ1) is 13.2. The Morgan fingerprint density at radius 3 is 2.39 bits per heavy atom. The van der Waals surface area contributed by atoms with Crippen molar-refractivity contribution in [2.24, 2.45) is 5.73 Å². The summed E-state index contributed by atoms with van der Waals surface area (Å²) in [6.07, 6.45) is 0.975. The van der Waals surface area contributed by atoms with Gasteiger partial charge in [0.25, 0.3) is 0 Å². The minimum Gasteiger partial charge on any atom is -0.324 e. The molecule has 1 atom stereocenters. The third-order valence-corrected chi connectivity index (χ3v) is 4.16. The molecular formula is C16H19NS. The van der Waals surface area contributed by atoms with Crippen LogP contribution in [0.2, 0.25) is 0 Å². The molecule has 2 N–H and O–H groups in total. The van der Waals surface area contributed by atoms with Crippen LogP contribution >= 0.6 is 11.8 Å². The van der Waals surface area contributed by atoms with E-state index in [2.05, 4.69) is 61.5 Å². The normalized spacial score (nSPS) is 12.3. The molecule has 0 amide bonds. The summed E-state index contributed by atoms with van der Waals surface area (Å²) in [4.78, 5) is 1.30. The molecule has 0 bridgehead atoms. The quantitative estimate of drug-likeness (QED) is 0.804. The second kappa shape index (κ2) is 6.62. The van der Waals surface area contributed by atoms with Crippen molar-refractivity contribution >= 4 is 11.8 Å². The molecule has 0 aliphatic rings. The minimum atomic E-state index is 0.143. The van der Waals surface area contributed by atoms with E-state index in [0.717, 1.165) is 12.2 Å². The SMILES string of the molecule is CC[C@H](N)c1ccccc1SCc1ccccc1. The molecule has 0 aliphatic heterocycles. The number of rotatable bonds is 5. The lowest BCUT2D eigenvalue weighted by atomic mass is 10.1. The average Bonchev–Trinajstić information content (AvgIpc) is 2.45.